The number of amides is 1. The van der Waals surface area contributed by atoms with Crippen LogP contribution in [0.4, 0.5) is 5.69 Å². The molecule has 30 heavy (non-hydrogen) atoms. The first-order valence-electron chi connectivity index (χ1n) is 9.40. The fraction of sp³-hybridized carbons (Fsp3) is 0.182. The van der Waals surface area contributed by atoms with E-state index < -0.39 is 0 Å². The molecule has 0 atom stereocenters. The number of hydrogen-bond donors (Lipinski definition) is 1. The summed E-state index contributed by atoms with van der Waals surface area (Å²) in [5, 5.41) is 2.85. The number of hydrogen-bond acceptors (Lipinski definition) is 5. The molecule has 0 saturated heterocycles. The predicted octanol–water partition coefficient (Wildman–Crippen LogP) is 4.54. The van der Waals surface area contributed by atoms with E-state index in [4.69, 9.17) is 12.2 Å². The van der Waals surface area contributed by atoms with Crippen LogP contribution in [0.5, 0.6) is 0 Å². The lowest BCUT2D eigenvalue weighted by Crippen LogP contribution is -2.30. The van der Waals surface area contributed by atoms with E-state index in [1.165, 1.54) is 15.9 Å². The Morgan fingerprint density at radius 1 is 1.10 bits per heavy atom. The molecule has 2 heterocycles. The van der Waals surface area contributed by atoms with Gasteiger partial charge in [0.25, 0.3) is 5.56 Å². The van der Waals surface area contributed by atoms with Gasteiger partial charge in [0, 0.05) is 11.4 Å². The minimum absolute atomic E-state index is 0.115. The van der Waals surface area contributed by atoms with Crippen molar-refractivity contribution < 1.29 is 4.79 Å². The molecule has 2 aromatic carbocycles. The number of rotatable bonds is 4. The van der Waals surface area contributed by atoms with Gasteiger partial charge in [-0.15, -0.1) is 0 Å². The second kappa shape index (κ2) is 7.97. The summed E-state index contributed by atoms with van der Waals surface area (Å²) in [6.45, 7) is 5.61. The minimum atomic E-state index is -0.282. The molecule has 1 N–H and O–H groups in total. The van der Waals surface area contributed by atoms with Crippen LogP contribution in [0, 0.1) is 24.7 Å². The summed E-state index contributed by atoms with van der Waals surface area (Å²) in [4.78, 5) is 30.3. The largest absolute Gasteiger partial charge is 0.325 e. The number of fused-ring (bicyclic) bond motifs is 1. The fourth-order valence-corrected chi connectivity index (χ4v) is 4.57. The van der Waals surface area contributed by atoms with Crippen molar-refractivity contribution in [1.82, 2.24) is 14.1 Å². The smallest absolute Gasteiger partial charge is 0.273 e. The van der Waals surface area contributed by atoms with Crippen LogP contribution in [0.15, 0.2) is 53.3 Å². The van der Waals surface area contributed by atoms with E-state index in [-0.39, 0.29) is 18.0 Å². The number of benzene rings is 2. The van der Waals surface area contributed by atoms with E-state index in [9.17, 15) is 9.59 Å². The summed E-state index contributed by atoms with van der Waals surface area (Å²) in [7, 11) is 0. The highest BCUT2D eigenvalue weighted by Gasteiger charge is 2.17. The summed E-state index contributed by atoms with van der Waals surface area (Å²) >= 11 is 6.70. The van der Waals surface area contributed by atoms with E-state index >= 15 is 0 Å². The Kier molecular flexibility index (Phi) is 5.36. The van der Waals surface area contributed by atoms with E-state index in [2.05, 4.69) is 10.3 Å². The minimum Gasteiger partial charge on any atom is -0.325 e. The molecule has 0 aliphatic rings. The first-order chi connectivity index (χ1) is 14.3. The van der Waals surface area contributed by atoms with Gasteiger partial charge in [-0.3, -0.25) is 18.7 Å². The fourth-order valence-electron chi connectivity index (χ4n) is 3.24. The van der Waals surface area contributed by atoms with Crippen molar-refractivity contribution in [2.24, 2.45) is 0 Å². The maximum atomic E-state index is 13.1. The van der Waals surface area contributed by atoms with Gasteiger partial charge in [-0.05, 0) is 68.4 Å². The molecule has 4 aromatic rings. The van der Waals surface area contributed by atoms with Gasteiger partial charge in [-0.2, -0.15) is 0 Å². The molecule has 0 unspecified atom stereocenters. The van der Waals surface area contributed by atoms with Crippen molar-refractivity contribution in [3.63, 3.8) is 0 Å². The van der Waals surface area contributed by atoms with Crippen molar-refractivity contribution in [3.8, 4) is 5.69 Å². The number of aromatic nitrogens is 3. The summed E-state index contributed by atoms with van der Waals surface area (Å²) < 4.78 is 4.16. The maximum Gasteiger partial charge on any atom is 0.273 e. The Morgan fingerprint density at radius 2 is 1.83 bits per heavy atom. The molecule has 0 fully saturated rings. The lowest BCUT2D eigenvalue weighted by molar-refractivity contribution is -0.116. The van der Waals surface area contributed by atoms with Gasteiger partial charge in [0.05, 0.1) is 0 Å². The van der Waals surface area contributed by atoms with Gasteiger partial charge < -0.3 is 5.32 Å². The van der Waals surface area contributed by atoms with E-state index in [0.29, 0.717) is 25.8 Å². The Labute approximate surface area is 182 Å². The summed E-state index contributed by atoms with van der Waals surface area (Å²) in [6.07, 6.45) is 0. The van der Waals surface area contributed by atoms with Crippen LogP contribution in [0.2, 0.25) is 0 Å². The number of carbonyl (C=O) groups is 1. The second-order valence-corrected chi connectivity index (χ2v) is 8.73. The summed E-state index contributed by atoms with van der Waals surface area (Å²) in [6, 6.07) is 15.3. The Balaban J connectivity index is 1.70. The molecular formula is C22H20N4O2S2. The topological polar surface area (TPSA) is 68.9 Å². The maximum absolute atomic E-state index is 13.1. The monoisotopic (exact) mass is 436 g/mol. The third-order valence-electron chi connectivity index (χ3n) is 4.99. The molecule has 0 radical (unpaired) electrons. The quantitative estimate of drug-likeness (QED) is 0.477. The van der Waals surface area contributed by atoms with Gasteiger partial charge in [-0.25, -0.2) is 4.98 Å². The molecule has 2 aromatic heterocycles. The van der Waals surface area contributed by atoms with E-state index in [0.717, 1.165) is 16.8 Å². The normalized spacial score (nSPS) is 11.0. The molecule has 4 rings (SSSR count). The SMILES string of the molecule is Cc1ccc(NC(=O)Cn2c(C)nc3c(sc(=S)n3-c3ccccc3)c2=O)cc1C. The van der Waals surface area contributed by atoms with Crippen LogP contribution in [0.1, 0.15) is 17.0 Å². The molecule has 8 heteroatoms. The predicted molar refractivity (Wildman–Crippen MR) is 123 cm³/mol. The number of nitrogens with one attached hydrogen (secondary N) is 1. The second-order valence-electron chi connectivity index (χ2n) is 7.09. The van der Waals surface area contributed by atoms with Crippen molar-refractivity contribution >= 4 is 45.5 Å². The molecular weight excluding hydrogens is 416 g/mol. The number of carbonyl (C=O) groups excluding carboxylic acids is 1. The van der Waals surface area contributed by atoms with Gasteiger partial charge in [0.1, 0.15) is 17.1 Å². The number of anilines is 1. The zero-order chi connectivity index (χ0) is 21.4. The highest BCUT2D eigenvalue weighted by Crippen LogP contribution is 2.23. The third-order valence-corrected chi connectivity index (χ3v) is 6.34. The molecule has 0 aliphatic carbocycles. The van der Waals surface area contributed by atoms with Crippen molar-refractivity contribution in [2.75, 3.05) is 5.32 Å². The summed E-state index contributed by atoms with van der Waals surface area (Å²) in [5.41, 5.74) is 4.05. The molecule has 1 amide bonds. The van der Waals surface area contributed by atoms with Crippen molar-refractivity contribution in [3.05, 3.63) is 79.8 Å². The number of para-hydroxylation sites is 1. The first kappa shape index (κ1) is 20.2. The summed E-state index contributed by atoms with van der Waals surface area (Å²) in [5.74, 6) is 0.177. The van der Waals surface area contributed by atoms with Crippen LogP contribution >= 0.6 is 23.6 Å². The number of nitrogens with zero attached hydrogens (tertiary/aromatic N) is 3. The van der Waals surface area contributed by atoms with E-state index in [1.807, 2.05) is 62.4 Å². The first-order valence-corrected chi connectivity index (χ1v) is 10.6. The molecule has 0 bridgehead atoms. The molecule has 0 saturated carbocycles. The highest BCUT2D eigenvalue weighted by atomic mass is 32.1. The Bertz CT molecular complexity index is 1380. The lowest BCUT2D eigenvalue weighted by Gasteiger charge is -2.11. The van der Waals surface area contributed by atoms with Crippen LogP contribution in [-0.4, -0.2) is 20.0 Å². The van der Waals surface area contributed by atoms with Crippen LogP contribution in [0.3, 0.4) is 0 Å². The molecule has 6 nitrogen and oxygen atoms in total. The number of aryl methyl sites for hydroxylation is 3. The Morgan fingerprint density at radius 3 is 2.53 bits per heavy atom. The average molecular weight is 437 g/mol. The molecule has 152 valence electrons. The Hall–Kier alpha value is -3.10. The van der Waals surface area contributed by atoms with Gasteiger partial charge >= 0.3 is 0 Å². The van der Waals surface area contributed by atoms with Gasteiger partial charge in [0.15, 0.2) is 9.60 Å². The molecule has 0 spiro atoms. The zero-order valence-corrected chi connectivity index (χ0v) is 18.4. The van der Waals surface area contributed by atoms with Gasteiger partial charge in [0.2, 0.25) is 5.91 Å². The molecule has 0 aliphatic heterocycles. The van der Waals surface area contributed by atoms with Crippen LogP contribution in [-0.2, 0) is 11.3 Å². The lowest BCUT2D eigenvalue weighted by atomic mass is 10.1. The van der Waals surface area contributed by atoms with Crippen LogP contribution in [0.25, 0.3) is 16.0 Å². The third kappa shape index (κ3) is 3.71. The standard InChI is InChI=1S/C22H20N4O2S2/c1-13-9-10-16(11-14(13)2)24-18(27)12-25-15(3)23-20-19(21(25)28)30-22(29)26(20)17-7-5-4-6-8-17/h4-11H,12H2,1-3H3,(H,24,27). The highest BCUT2D eigenvalue weighted by molar-refractivity contribution is 7.73. The van der Waals surface area contributed by atoms with Crippen molar-refractivity contribution in [2.45, 2.75) is 27.3 Å². The van der Waals surface area contributed by atoms with E-state index in [1.54, 1.807) is 11.5 Å². The van der Waals surface area contributed by atoms with Crippen molar-refractivity contribution in [1.29, 1.82) is 0 Å². The zero-order valence-electron chi connectivity index (χ0n) is 16.8. The average Bonchev–Trinajstić information content (AvgIpc) is 3.04. The van der Waals surface area contributed by atoms with Crippen LogP contribution < -0.4 is 10.9 Å². The number of thiazole rings is 1. The van der Waals surface area contributed by atoms with Gasteiger partial charge in [-0.1, -0.05) is 35.6 Å².